The third kappa shape index (κ3) is 9.12. The van der Waals surface area contributed by atoms with Gasteiger partial charge in [0.1, 0.15) is 0 Å². The van der Waals surface area contributed by atoms with Crippen LogP contribution in [0.5, 0.6) is 0 Å². The maximum Gasteiger partial charge on any atom is 0 e. The van der Waals surface area contributed by atoms with Crippen molar-refractivity contribution in [2.45, 2.75) is 0 Å². The first kappa shape index (κ1) is 10.5. The van der Waals surface area contributed by atoms with Gasteiger partial charge in [-0.2, -0.15) is 0 Å². The van der Waals surface area contributed by atoms with Crippen molar-refractivity contribution in [2.24, 2.45) is 0 Å². The summed E-state index contributed by atoms with van der Waals surface area (Å²) < 4.78 is 0. The van der Waals surface area contributed by atoms with E-state index in [0.29, 0.717) is 0 Å². The molecule has 0 spiro atoms. The van der Waals surface area contributed by atoms with Gasteiger partial charge >= 0.3 is 39.8 Å². The van der Waals surface area contributed by atoms with Crippen LogP contribution in [0.1, 0.15) is 0 Å². The van der Waals surface area contributed by atoms with Crippen LogP contribution in [0.25, 0.3) is 0 Å². The number of hydrogen-bond acceptors (Lipinski definition) is 0. The van der Waals surface area contributed by atoms with Crippen LogP contribution in [0.3, 0.4) is 0 Å². The Morgan fingerprint density at radius 2 is 1.25 bits per heavy atom. The summed E-state index contributed by atoms with van der Waals surface area (Å²) in [7, 11) is 0. The van der Waals surface area contributed by atoms with Crippen LogP contribution in [-0.4, -0.2) is 80.6 Å². The van der Waals surface area contributed by atoms with Crippen molar-refractivity contribution >= 4 is 109 Å². The first-order valence-corrected chi connectivity index (χ1v) is 14.4. The van der Waals surface area contributed by atoms with Crippen LogP contribution >= 0.6 is 28.0 Å². The standard InChI is InChI=1S/Br2GeH2.Cs/c1-3-2;/h3H2;. The molecule has 0 nitrogen and oxygen atoms in total. The van der Waals surface area contributed by atoms with Gasteiger partial charge in [0.25, 0.3) is 0 Å². The molecule has 0 atom stereocenters. The third-order valence-corrected chi connectivity index (χ3v) is 0. The molecule has 0 fully saturated rings. The fourth-order valence-electron chi connectivity index (χ4n) is 0. The van der Waals surface area contributed by atoms with Gasteiger partial charge in [0.2, 0.25) is 0 Å². The third-order valence-electron chi connectivity index (χ3n) is 0. The number of hydrogen-bond donors (Lipinski definition) is 0. The van der Waals surface area contributed by atoms with Crippen molar-refractivity contribution in [1.82, 2.24) is 0 Å². The van der Waals surface area contributed by atoms with Crippen LogP contribution in [0.4, 0.5) is 0 Å². The second kappa shape index (κ2) is 9.75. The van der Waals surface area contributed by atoms with E-state index in [1.807, 2.05) is 0 Å². The molecule has 0 saturated carbocycles. The van der Waals surface area contributed by atoms with Gasteiger partial charge in [0.05, 0.1) is 0 Å². The van der Waals surface area contributed by atoms with Crippen LogP contribution in [0, 0.1) is 0 Å². The Morgan fingerprint density at radius 3 is 1.25 bits per heavy atom. The van der Waals surface area contributed by atoms with E-state index in [1.165, 1.54) is 0 Å². The Morgan fingerprint density at radius 1 is 1.25 bits per heavy atom. The second-order valence-electron chi connectivity index (χ2n) is 0.101. The average Bonchev–Trinajstić information content (AvgIpc) is 0.918. The van der Waals surface area contributed by atoms with Crippen molar-refractivity contribution in [1.29, 1.82) is 0 Å². The van der Waals surface area contributed by atoms with E-state index in [2.05, 4.69) is 28.0 Å². The van der Waals surface area contributed by atoms with E-state index in [9.17, 15) is 0 Å². The minimum atomic E-state index is -0.250. The van der Waals surface area contributed by atoms with E-state index in [0.717, 1.165) is 0 Å². The van der Waals surface area contributed by atoms with Crippen LogP contribution < -0.4 is 0 Å². The fourth-order valence-corrected chi connectivity index (χ4v) is 0. The van der Waals surface area contributed by atoms with Gasteiger partial charge < -0.3 is 0 Å². The molecular weight excluding hydrogens is 365 g/mol. The maximum absolute atomic E-state index is 3.25. The summed E-state index contributed by atoms with van der Waals surface area (Å²) in [6.45, 7) is 0. The molecule has 0 aliphatic rings. The van der Waals surface area contributed by atoms with Crippen molar-refractivity contribution < 1.29 is 0 Å². The molecule has 0 rings (SSSR count). The number of halogens is 2. The molecular formula is H2Br2CsGe. The van der Waals surface area contributed by atoms with Crippen LogP contribution in [0.2, 0.25) is 0 Å². The second-order valence-corrected chi connectivity index (χ2v) is 14.2. The smallest absolute Gasteiger partial charge is 0 e. The zero-order chi connectivity index (χ0) is 2.71. The summed E-state index contributed by atoms with van der Waals surface area (Å²) in [5.41, 5.74) is 0. The van der Waals surface area contributed by atoms with Crippen molar-refractivity contribution in [3.63, 3.8) is 0 Å². The Hall–Kier alpha value is 3.55. The Labute approximate surface area is 105 Å². The summed E-state index contributed by atoms with van der Waals surface area (Å²) in [6, 6.07) is 0. The molecule has 1 radical (unpaired) electrons. The molecule has 0 saturated heterocycles. The predicted octanol–water partition coefficient (Wildman–Crippen LogP) is 0.394. The van der Waals surface area contributed by atoms with Crippen LogP contribution in [-0.2, 0) is 0 Å². The minimum Gasteiger partial charge on any atom is 0 e. The largest absolute Gasteiger partial charge is 0 e. The van der Waals surface area contributed by atoms with E-state index in [4.69, 9.17) is 0 Å². The van der Waals surface area contributed by atoms with Gasteiger partial charge in [-0.15, -0.1) is 0 Å². The zero-order valence-corrected chi connectivity index (χ0v) is 14.9. The zero-order valence-electron chi connectivity index (χ0n) is 2.46. The van der Waals surface area contributed by atoms with Crippen molar-refractivity contribution in [3.05, 3.63) is 0 Å². The summed E-state index contributed by atoms with van der Waals surface area (Å²) in [6.07, 6.45) is 0. The van der Waals surface area contributed by atoms with Crippen LogP contribution in [0.15, 0.2) is 0 Å². The molecule has 0 amide bonds. The molecule has 4 heavy (non-hydrogen) atoms. The van der Waals surface area contributed by atoms with E-state index >= 15 is 0 Å². The molecule has 4 heteroatoms. The van der Waals surface area contributed by atoms with E-state index in [-0.39, 0.29) is 80.6 Å². The molecule has 0 N–H and O–H groups in total. The van der Waals surface area contributed by atoms with Crippen molar-refractivity contribution in [2.75, 3.05) is 0 Å². The topological polar surface area (TPSA) is 0 Å². The van der Waals surface area contributed by atoms with Gasteiger partial charge in [0, 0.05) is 68.9 Å². The van der Waals surface area contributed by atoms with Crippen molar-refractivity contribution in [3.8, 4) is 0 Å². The Balaban J connectivity index is 0. The summed E-state index contributed by atoms with van der Waals surface area (Å²) in [4.78, 5) is 0. The molecule has 0 unspecified atom stereocenters. The molecule has 0 aromatic carbocycles. The van der Waals surface area contributed by atoms with Gasteiger partial charge in [-0.3, -0.25) is 0 Å². The van der Waals surface area contributed by atoms with Gasteiger partial charge in [-0.25, -0.2) is 0 Å². The molecule has 0 aromatic heterocycles. The van der Waals surface area contributed by atoms with Gasteiger partial charge in [-0.05, 0) is 0 Å². The quantitative estimate of drug-likeness (QED) is 0.544. The Kier molecular flexibility index (Phi) is 25.6. The first-order valence-electron chi connectivity index (χ1n) is 0.535. The fraction of sp³-hybridized carbons (Fsp3) is 0. The molecule has 0 bridgehead atoms. The van der Waals surface area contributed by atoms with E-state index in [1.54, 1.807) is 0 Å². The predicted molar refractivity (Wildman–Crippen MR) is 32.2 cm³/mol. The Bertz CT molecular complexity index is 6.00. The average molecular weight is 367 g/mol. The first-order chi connectivity index (χ1) is 1.41. The SMILES string of the molecule is [Br][GeH2][Br].[Cs]. The van der Waals surface area contributed by atoms with Gasteiger partial charge in [-0.1, -0.05) is 0 Å². The summed E-state index contributed by atoms with van der Waals surface area (Å²) in [5, 5.41) is 0. The molecule has 0 aliphatic heterocycles. The normalized spacial score (nSPS) is 4.50. The maximum atomic E-state index is 3.25. The monoisotopic (exact) mass is 367 g/mol. The summed E-state index contributed by atoms with van der Waals surface area (Å²) in [5.74, 6) is 0. The molecule has 0 heterocycles. The van der Waals surface area contributed by atoms with Gasteiger partial charge in [0.15, 0.2) is 0 Å². The minimum absolute atomic E-state index is 0. The van der Waals surface area contributed by atoms with E-state index < -0.39 is 0 Å². The summed E-state index contributed by atoms with van der Waals surface area (Å²) >= 11 is 6.25. The molecule has 0 aromatic rings. The molecule has 21 valence electrons. The molecule has 0 aliphatic carbocycles. The number of rotatable bonds is 0.